The summed E-state index contributed by atoms with van der Waals surface area (Å²) < 4.78 is 14.0. The van der Waals surface area contributed by atoms with Crippen LogP contribution >= 0.6 is 0 Å². The molecule has 0 aromatic heterocycles. The predicted octanol–water partition coefficient (Wildman–Crippen LogP) is 4.15. The van der Waals surface area contributed by atoms with Crippen LogP contribution in [0.3, 0.4) is 0 Å². The monoisotopic (exact) mass is 227 g/mol. The second-order valence-electron chi connectivity index (χ2n) is 5.00. The van der Waals surface area contributed by atoms with E-state index in [2.05, 4.69) is 25.3 Å². The average Bonchev–Trinajstić information content (AvgIpc) is 2.31. The lowest BCUT2D eigenvalue weighted by Gasteiger charge is -2.40. The summed E-state index contributed by atoms with van der Waals surface area (Å²) in [6, 6.07) is 0. The molecule has 16 heavy (non-hydrogen) atoms. The van der Waals surface area contributed by atoms with Crippen LogP contribution < -0.4 is 0 Å². The first kappa shape index (κ1) is 13.5. The zero-order valence-corrected chi connectivity index (χ0v) is 11.1. The van der Waals surface area contributed by atoms with Crippen LogP contribution in [0.15, 0.2) is 12.3 Å². The Hall–Kier alpha value is -0.530. The van der Waals surface area contributed by atoms with E-state index >= 15 is 0 Å². The molecular weight excluding hydrogens is 201 g/mol. The molecule has 1 fully saturated rings. The maximum Gasteiger partial charge on any atom is 0.114 e. The van der Waals surface area contributed by atoms with Gasteiger partial charge in [0.2, 0.25) is 0 Å². The first-order chi connectivity index (χ1) is 7.56. The largest absolute Gasteiger partial charge is 0.375 e. The van der Waals surface area contributed by atoms with Gasteiger partial charge >= 0.3 is 0 Å². The molecular formula is C14H26FN. The highest BCUT2D eigenvalue weighted by atomic mass is 19.1. The molecule has 0 radical (unpaired) electrons. The molecule has 0 amide bonds. The topological polar surface area (TPSA) is 3.24 Å². The third-order valence-corrected chi connectivity index (χ3v) is 4.16. The maximum absolute atomic E-state index is 14.0. The standard InChI is InChI=1S/C14H26FN/c1-5-13(6-2)12(4)16-10-8-14(15,7-3)9-11-16/h13H,4-11H2,1-3H3. The van der Waals surface area contributed by atoms with E-state index in [0.717, 1.165) is 25.9 Å². The van der Waals surface area contributed by atoms with Crippen LogP contribution in [0.5, 0.6) is 0 Å². The Bertz CT molecular complexity index is 225. The van der Waals surface area contributed by atoms with Crippen LogP contribution in [-0.2, 0) is 0 Å². The van der Waals surface area contributed by atoms with Crippen LogP contribution in [0.1, 0.15) is 52.9 Å². The van der Waals surface area contributed by atoms with Crippen molar-refractivity contribution in [2.24, 2.45) is 5.92 Å². The Labute approximate surface area is 99.7 Å². The zero-order valence-electron chi connectivity index (χ0n) is 11.1. The van der Waals surface area contributed by atoms with E-state index < -0.39 is 5.67 Å². The van der Waals surface area contributed by atoms with Gasteiger partial charge in [0, 0.05) is 18.8 Å². The number of hydrogen-bond donors (Lipinski definition) is 0. The van der Waals surface area contributed by atoms with Gasteiger partial charge in [-0.05, 0) is 38.0 Å². The summed E-state index contributed by atoms with van der Waals surface area (Å²) in [6.45, 7) is 12.2. The third-order valence-electron chi connectivity index (χ3n) is 4.16. The van der Waals surface area contributed by atoms with Crippen LogP contribution in [0.2, 0.25) is 0 Å². The van der Waals surface area contributed by atoms with E-state index in [0.29, 0.717) is 25.2 Å². The van der Waals surface area contributed by atoms with Crippen molar-refractivity contribution in [1.29, 1.82) is 0 Å². The van der Waals surface area contributed by atoms with Gasteiger partial charge in [0.15, 0.2) is 0 Å². The second-order valence-corrected chi connectivity index (χ2v) is 5.00. The Kier molecular flexibility index (Phi) is 4.82. The number of rotatable bonds is 5. The van der Waals surface area contributed by atoms with Crippen molar-refractivity contribution in [3.8, 4) is 0 Å². The van der Waals surface area contributed by atoms with Crippen molar-refractivity contribution in [2.45, 2.75) is 58.5 Å². The maximum atomic E-state index is 14.0. The lowest BCUT2D eigenvalue weighted by atomic mass is 9.89. The molecule has 1 saturated heterocycles. The molecule has 2 heteroatoms. The minimum atomic E-state index is -0.912. The van der Waals surface area contributed by atoms with E-state index in [1.165, 1.54) is 5.70 Å². The molecule has 94 valence electrons. The predicted molar refractivity (Wildman–Crippen MR) is 68.1 cm³/mol. The molecule has 0 bridgehead atoms. The molecule has 0 unspecified atom stereocenters. The smallest absolute Gasteiger partial charge is 0.114 e. The number of nitrogens with zero attached hydrogens (tertiary/aromatic N) is 1. The van der Waals surface area contributed by atoms with Crippen molar-refractivity contribution < 1.29 is 4.39 Å². The van der Waals surface area contributed by atoms with Crippen molar-refractivity contribution in [3.05, 3.63) is 12.3 Å². The van der Waals surface area contributed by atoms with Gasteiger partial charge in [0.1, 0.15) is 5.67 Å². The summed E-state index contributed by atoms with van der Waals surface area (Å²) in [7, 11) is 0. The fourth-order valence-electron chi connectivity index (χ4n) is 2.57. The van der Waals surface area contributed by atoms with Crippen LogP contribution in [0, 0.1) is 5.92 Å². The van der Waals surface area contributed by atoms with Crippen LogP contribution in [0.4, 0.5) is 4.39 Å². The molecule has 0 atom stereocenters. The van der Waals surface area contributed by atoms with E-state index in [1.54, 1.807) is 0 Å². The Balaban J connectivity index is 2.50. The van der Waals surface area contributed by atoms with Gasteiger partial charge in [-0.15, -0.1) is 0 Å². The molecule has 0 saturated carbocycles. The van der Waals surface area contributed by atoms with Crippen molar-refractivity contribution in [2.75, 3.05) is 13.1 Å². The molecule has 0 N–H and O–H groups in total. The molecule has 1 nitrogen and oxygen atoms in total. The first-order valence-corrected chi connectivity index (χ1v) is 6.69. The first-order valence-electron chi connectivity index (χ1n) is 6.69. The highest BCUT2D eigenvalue weighted by Crippen LogP contribution is 2.32. The van der Waals surface area contributed by atoms with Gasteiger partial charge in [0.25, 0.3) is 0 Å². The normalized spacial score (nSPS) is 20.2. The molecule has 0 aliphatic carbocycles. The van der Waals surface area contributed by atoms with E-state index in [9.17, 15) is 4.39 Å². The minimum Gasteiger partial charge on any atom is -0.375 e. The van der Waals surface area contributed by atoms with Gasteiger partial charge < -0.3 is 4.90 Å². The van der Waals surface area contributed by atoms with Crippen molar-refractivity contribution in [3.63, 3.8) is 0 Å². The highest BCUT2D eigenvalue weighted by Gasteiger charge is 2.33. The number of alkyl halides is 1. The van der Waals surface area contributed by atoms with Gasteiger partial charge in [-0.2, -0.15) is 0 Å². The van der Waals surface area contributed by atoms with Gasteiger partial charge in [-0.25, -0.2) is 4.39 Å². The lowest BCUT2D eigenvalue weighted by molar-refractivity contribution is 0.0642. The number of piperidine rings is 1. The minimum absolute atomic E-state index is 0.578. The molecule has 1 aliphatic rings. The van der Waals surface area contributed by atoms with Crippen LogP contribution in [0.25, 0.3) is 0 Å². The second kappa shape index (κ2) is 5.70. The number of allylic oxidation sites excluding steroid dienone is 1. The number of halogens is 1. The van der Waals surface area contributed by atoms with E-state index in [4.69, 9.17) is 0 Å². The fourth-order valence-corrected chi connectivity index (χ4v) is 2.57. The summed E-state index contributed by atoms with van der Waals surface area (Å²) in [6.07, 6.45) is 4.27. The molecule has 1 rings (SSSR count). The Morgan fingerprint density at radius 3 is 2.12 bits per heavy atom. The quantitative estimate of drug-likeness (QED) is 0.682. The Morgan fingerprint density at radius 1 is 1.25 bits per heavy atom. The molecule has 0 spiro atoms. The van der Waals surface area contributed by atoms with Gasteiger partial charge in [-0.3, -0.25) is 0 Å². The SMILES string of the molecule is C=C(C(CC)CC)N1CCC(F)(CC)CC1. The number of hydrogen-bond acceptors (Lipinski definition) is 1. The van der Waals surface area contributed by atoms with Crippen molar-refractivity contribution >= 4 is 0 Å². The Morgan fingerprint density at radius 2 is 1.75 bits per heavy atom. The average molecular weight is 227 g/mol. The summed E-state index contributed by atoms with van der Waals surface area (Å²) >= 11 is 0. The van der Waals surface area contributed by atoms with Crippen LogP contribution in [-0.4, -0.2) is 23.7 Å². The summed E-state index contributed by atoms with van der Waals surface area (Å²) in [5, 5.41) is 0. The molecule has 0 aromatic rings. The molecule has 1 heterocycles. The van der Waals surface area contributed by atoms with Gasteiger partial charge in [-0.1, -0.05) is 27.4 Å². The molecule has 0 aromatic carbocycles. The summed E-state index contributed by atoms with van der Waals surface area (Å²) in [5.74, 6) is 0.578. The highest BCUT2D eigenvalue weighted by molar-refractivity contribution is 5.02. The van der Waals surface area contributed by atoms with Crippen molar-refractivity contribution in [1.82, 2.24) is 4.90 Å². The number of likely N-dealkylation sites (tertiary alicyclic amines) is 1. The van der Waals surface area contributed by atoms with Gasteiger partial charge in [0.05, 0.1) is 0 Å². The van der Waals surface area contributed by atoms with E-state index in [1.807, 2.05) is 6.92 Å². The molecule has 1 aliphatic heterocycles. The van der Waals surface area contributed by atoms with E-state index in [-0.39, 0.29) is 0 Å². The lowest BCUT2D eigenvalue weighted by Crippen LogP contribution is -2.41. The summed E-state index contributed by atoms with van der Waals surface area (Å²) in [5.41, 5.74) is 0.313. The fraction of sp³-hybridized carbons (Fsp3) is 0.857. The zero-order chi connectivity index (χ0) is 12.2. The third kappa shape index (κ3) is 2.99. The summed E-state index contributed by atoms with van der Waals surface area (Å²) in [4.78, 5) is 2.30.